The largest absolute Gasteiger partial charge is 0.310 e. The summed E-state index contributed by atoms with van der Waals surface area (Å²) in [5.41, 5.74) is 5.17. The number of aromatic nitrogens is 2. The Labute approximate surface area is 158 Å². The molecule has 0 atom stereocenters. The number of carbonyl (C=O) groups excluding carboxylic acids is 1. The first kappa shape index (κ1) is 18.1. The van der Waals surface area contributed by atoms with E-state index >= 15 is 0 Å². The van der Waals surface area contributed by atoms with Crippen LogP contribution in [0.2, 0.25) is 5.02 Å². The summed E-state index contributed by atoms with van der Waals surface area (Å²) in [6.07, 6.45) is 2.42. The summed E-state index contributed by atoms with van der Waals surface area (Å²) in [7, 11) is 0. The van der Waals surface area contributed by atoms with E-state index in [1.807, 2.05) is 56.3 Å². The first-order valence-electron chi connectivity index (χ1n) is 8.41. The molecule has 132 valence electrons. The number of nitrogens with one attached hydrogen (secondary N) is 1. The number of halogens is 1. The lowest BCUT2D eigenvalue weighted by molar-refractivity contribution is -0.115. The van der Waals surface area contributed by atoms with Crippen LogP contribution in [0.15, 0.2) is 54.9 Å². The van der Waals surface area contributed by atoms with Crippen molar-refractivity contribution in [3.05, 3.63) is 87.8 Å². The molecule has 1 aromatic heterocycles. The number of hydrogen-bond acceptors (Lipinski definition) is 3. The van der Waals surface area contributed by atoms with Gasteiger partial charge in [-0.3, -0.25) is 4.79 Å². The highest BCUT2D eigenvalue weighted by molar-refractivity contribution is 6.30. The van der Waals surface area contributed by atoms with Gasteiger partial charge in [-0.2, -0.15) is 0 Å². The van der Waals surface area contributed by atoms with E-state index in [1.54, 1.807) is 6.07 Å². The number of rotatable bonds is 5. The highest BCUT2D eigenvalue weighted by Gasteiger charge is 2.10. The predicted molar refractivity (Wildman–Crippen MR) is 105 cm³/mol. The van der Waals surface area contributed by atoms with Gasteiger partial charge in [0.2, 0.25) is 5.91 Å². The fourth-order valence-corrected chi connectivity index (χ4v) is 3.11. The molecule has 0 unspecified atom stereocenters. The topological polar surface area (TPSA) is 54.9 Å². The average Bonchev–Trinajstić information content (AvgIpc) is 2.59. The molecule has 0 bridgehead atoms. The molecular weight excluding hydrogens is 346 g/mol. The zero-order valence-electron chi connectivity index (χ0n) is 14.8. The van der Waals surface area contributed by atoms with Gasteiger partial charge in [-0.15, -0.1) is 0 Å². The molecule has 0 radical (unpaired) electrons. The molecule has 2 aromatic carbocycles. The number of anilines is 1. The molecule has 1 heterocycles. The Morgan fingerprint density at radius 2 is 1.77 bits per heavy atom. The summed E-state index contributed by atoms with van der Waals surface area (Å²) >= 11 is 6.02. The van der Waals surface area contributed by atoms with Gasteiger partial charge in [0.05, 0.1) is 12.1 Å². The van der Waals surface area contributed by atoms with Crippen LogP contribution < -0.4 is 5.32 Å². The molecular formula is C21H20ClN3O. The van der Waals surface area contributed by atoms with Gasteiger partial charge in [0.15, 0.2) is 0 Å². The van der Waals surface area contributed by atoms with Crippen LogP contribution >= 0.6 is 11.6 Å². The third kappa shape index (κ3) is 4.67. The van der Waals surface area contributed by atoms with Crippen molar-refractivity contribution in [3.8, 4) is 0 Å². The van der Waals surface area contributed by atoms with Crippen molar-refractivity contribution >= 4 is 23.3 Å². The summed E-state index contributed by atoms with van der Waals surface area (Å²) in [4.78, 5) is 20.8. The quantitative estimate of drug-likeness (QED) is 0.723. The molecule has 5 heteroatoms. The first-order valence-corrected chi connectivity index (χ1v) is 8.79. The molecule has 0 aliphatic rings. The maximum atomic E-state index is 12.4. The van der Waals surface area contributed by atoms with Gasteiger partial charge in [0.25, 0.3) is 0 Å². The SMILES string of the molecule is Cc1cccc(C)c1CC(=O)Nc1cc(Cc2cccc(Cl)c2)ncn1. The molecule has 1 N–H and O–H groups in total. The molecule has 0 saturated carbocycles. The van der Waals surface area contributed by atoms with E-state index in [4.69, 9.17) is 11.6 Å². The van der Waals surface area contributed by atoms with Crippen molar-refractivity contribution < 1.29 is 4.79 Å². The minimum atomic E-state index is -0.0881. The molecule has 0 aliphatic carbocycles. The molecule has 0 saturated heterocycles. The lowest BCUT2D eigenvalue weighted by Gasteiger charge is -2.10. The van der Waals surface area contributed by atoms with Crippen LogP contribution in [0.25, 0.3) is 0 Å². The number of carbonyl (C=O) groups is 1. The molecule has 3 aromatic rings. The summed E-state index contributed by atoms with van der Waals surface area (Å²) in [5.74, 6) is 0.420. The molecule has 0 spiro atoms. The highest BCUT2D eigenvalue weighted by Crippen LogP contribution is 2.16. The number of aryl methyl sites for hydroxylation is 2. The molecule has 0 aliphatic heterocycles. The van der Waals surface area contributed by atoms with Crippen LogP contribution in [-0.4, -0.2) is 15.9 Å². The molecule has 26 heavy (non-hydrogen) atoms. The third-order valence-corrected chi connectivity index (χ3v) is 4.48. The lowest BCUT2D eigenvalue weighted by Crippen LogP contribution is -2.17. The van der Waals surface area contributed by atoms with Gasteiger partial charge in [0, 0.05) is 17.5 Å². The summed E-state index contributed by atoms with van der Waals surface area (Å²) in [6.45, 7) is 4.03. The Kier molecular flexibility index (Phi) is 5.64. The zero-order chi connectivity index (χ0) is 18.5. The minimum Gasteiger partial charge on any atom is -0.310 e. The van der Waals surface area contributed by atoms with Crippen molar-refractivity contribution in [2.45, 2.75) is 26.7 Å². The van der Waals surface area contributed by atoms with Crippen molar-refractivity contribution in [2.24, 2.45) is 0 Å². The summed E-state index contributed by atoms with van der Waals surface area (Å²) in [6, 6.07) is 15.5. The third-order valence-electron chi connectivity index (χ3n) is 4.25. The number of hydrogen-bond donors (Lipinski definition) is 1. The normalized spacial score (nSPS) is 10.6. The van der Waals surface area contributed by atoms with Crippen molar-refractivity contribution in [2.75, 3.05) is 5.32 Å². The first-order chi connectivity index (χ1) is 12.5. The van der Waals surface area contributed by atoms with Gasteiger partial charge in [0.1, 0.15) is 12.1 Å². The van der Waals surface area contributed by atoms with Crippen LogP contribution in [0, 0.1) is 13.8 Å². The second-order valence-corrected chi connectivity index (χ2v) is 6.73. The van der Waals surface area contributed by atoms with Crippen LogP contribution in [0.4, 0.5) is 5.82 Å². The van der Waals surface area contributed by atoms with E-state index < -0.39 is 0 Å². The lowest BCUT2D eigenvalue weighted by atomic mass is 10.00. The molecule has 4 nitrogen and oxygen atoms in total. The van der Waals surface area contributed by atoms with E-state index in [0.717, 1.165) is 27.9 Å². The van der Waals surface area contributed by atoms with Gasteiger partial charge < -0.3 is 5.32 Å². The fourth-order valence-electron chi connectivity index (χ4n) is 2.89. The smallest absolute Gasteiger partial charge is 0.229 e. The Morgan fingerprint density at radius 3 is 2.50 bits per heavy atom. The van der Waals surface area contributed by atoms with Gasteiger partial charge in [-0.1, -0.05) is 41.9 Å². The van der Waals surface area contributed by atoms with Crippen molar-refractivity contribution in [1.29, 1.82) is 0 Å². The second kappa shape index (κ2) is 8.11. The Balaban J connectivity index is 1.69. The summed E-state index contributed by atoms with van der Waals surface area (Å²) in [5, 5.41) is 3.56. The van der Waals surface area contributed by atoms with Crippen LogP contribution in [0.1, 0.15) is 27.9 Å². The van der Waals surface area contributed by atoms with Crippen LogP contribution in [0.5, 0.6) is 0 Å². The average molecular weight is 366 g/mol. The predicted octanol–water partition coefficient (Wildman–Crippen LogP) is 4.52. The number of nitrogens with zero attached hydrogens (tertiary/aromatic N) is 2. The van der Waals surface area contributed by atoms with Crippen molar-refractivity contribution in [3.63, 3.8) is 0 Å². The Bertz CT molecular complexity index is 920. The Morgan fingerprint density at radius 1 is 1.04 bits per heavy atom. The molecule has 3 rings (SSSR count). The van der Waals surface area contributed by atoms with Crippen LogP contribution in [0.3, 0.4) is 0 Å². The maximum absolute atomic E-state index is 12.4. The molecule has 0 fully saturated rings. The maximum Gasteiger partial charge on any atom is 0.229 e. The monoisotopic (exact) mass is 365 g/mol. The Hall–Kier alpha value is -2.72. The van der Waals surface area contributed by atoms with E-state index in [-0.39, 0.29) is 5.91 Å². The van der Waals surface area contributed by atoms with Gasteiger partial charge >= 0.3 is 0 Å². The van der Waals surface area contributed by atoms with Gasteiger partial charge in [-0.25, -0.2) is 9.97 Å². The highest BCUT2D eigenvalue weighted by atomic mass is 35.5. The van der Waals surface area contributed by atoms with Crippen molar-refractivity contribution in [1.82, 2.24) is 9.97 Å². The second-order valence-electron chi connectivity index (χ2n) is 6.30. The van der Waals surface area contributed by atoms with Gasteiger partial charge in [-0.05, 0) is 48.2 Å². The van der Waals surface area contributed by atoms with E-state index in [1.165, 1.54) is 6.33 Å². The minimum absolute atomic E-state index is 0.0881. The van der Waals surface area contributed by atoms with E-state index in [0.29, 0.717) is 23.7 Å². The standard InChI is InChI=1S/C21H20ClN3O/c1-14-5-3-6-15(2)19(14)12-21(26)25-20-11-18(23-13-24-20)10-16-7-4-8-17(22)9-16/h3-9,11,13H,10,12H2,1-2H3,(H,23,24,25,26). The molecule has 1 amide bonds. The fraction of sp³-hybridized carbons (Fsp3) is 0.190. The number of amides is 1. The summed E-state index contributed by atoms with van der Waals surface area (Å²) < 4.78 is 0. The van der Waals surface area contributed by atoms with Crippen LogP contribution in [-0.2, 0) is 17.6 Å². The number of benzene rings is 2. The zero-order valence-corrected chi connectivity index (χ0v) is 15.5. The van der Waals surface area contributed by atoms with E-state index in [9.17, 15) is 4.79 Å². The van der Waals surface area contributed by atoms with E-state index in [2.05, 4.69) is 15.3 Å².